The summed E-state index contributed by atoms with van der Waals surface area (Å²) in [4.78, 5) is 0. The summed E-state index contributed by atoms with van der Waals surface area (Å²) in [5.74, 6) is -2.08. The van der Waals surface area contributed by atoms with E-state index in [1.807, 2.05) is 0 Å². The fourth-order valence-corrected chi connectivity index (χ4v) is 0.801. The van der Waals surface area contributed by atoms with Gasteiger partial charge in [-0.05, 0) is 6.07 Å². The number of alkyl halides is 1. The minimum Gasteiger partial charge on any atom is -0.246 e. The number of rotatable bonds is 1. The Morgan fingerprint density at radius 2 is 2.00 bits per heavy atom. The van der Waals surface area contributed by atoms with Gasteiger partial charge < -0.3 is 0 Å². The van der Waals surface area contributed by atoms with Crippen molar-refractivity contribution in [2.75, 3.05) is 0 Å². The summed E-state index contributed by atoms with van der Waals surface area (Å²) in [6, 6.07) is 3.17. The second kappa shape index (κ2) is 3.26. The molecular weight excluding hydrogens is 167 g/mol. The molecule has 1 nitrogen and oxygen atoms in total. The largest absolute Gasteiger partial charge is 0.246 e. The van der Waals surface area contributed by atoms with E-state index in [0.717, 1.165) is 12.1 Å². The molecule has 0 aliphatic carbocycles. The first-order chi connectivity index (χ1) is 5.70. The molecule has 1 rings (SSSR count). The highest BCUT2D eigenvalue weighted by Gasteiger charge is 2.12. The van der Waals surface area contributed by atoms with Crippen molar-refractivity contribution in [1.82, 2.24) is 0 Å². The van der Waals surface area contributed by atoms with Gasteiger partial charge in [0.2, 0.25) is 0 Å². The van der Waals surface area contributed by atoms with Crippen molar-refractivity contribution in [1.29, 1.82) is 5.26 Å². The second-order valence-corrected chi connectivity index (χ2v) is 2.14. The van der Waals surface area contributed by atoms with Crippen LogP contribution in [0, 0.1) is 23.0 Å². The average molecular weight is 171 g/mol. The number of halogens is 3. The molecule has 0 spiro atoms. The average Bonchev–Trinajstić information content (AvgIpc) is 2.06. The van der Waals surface area contributed by atoms with Crippen molar-refractivity contribution >= 4 is 0 Å². The zero-order chi connectivity index (χ0) is 9.14. The Morgan fingerprint density at radius 3 is 2.50 bits per heavy atom. The molecule has 0 fully saturated rings. The van der Waals surface area contributed by atoms with Crippen LogP contribution in [0.2, 0.25) is 0 Å². The maximum absolute atomic E-state index is 12.8. The fraction of sp³-hybridized carbons (Fsp3) is 0.125. The molecular formula is C8H4F3N. The number of nitrogens with zero attached hydrogens (tertiary/aromatic N) is 1. The summed E-state index contributed by atoms with van der Waals surface area (Å²) >= 11 is 0. The lowest BCUT2D eigenvalue weighted by atomic mass is 10.1. The molecule has 0 radical (unpaired) electrons. The maximum atomic E-state index is 12.8. The number of nitriles is 1. The van der Waals surface area contributed by atoms with Gasteiger partial charge >= 0.3 is 0 Å². The normalized spacial score (nSPS) is 9.50. The number of hydrogen-bond acceptors (Lipinski definition) is 1. The molecule has 0 unspecified atom stereocenters. The first-order valence-corrected chi connectivity index (χ1v) is 3.13. The van der Waals surface area contributed by atoms with E-state index < -0.39 is 23.9 Å². The molecule has 1 aromatic rings. The number of hydrogen-bond donors (Lipinski definition) is 0. The summed E-state index contributed by atoms with van der Waals surface area (Å²) in [5, 5.41) is 8.27. The molecule has 0 bridgehead atoms. The lowest BCUT2D eigenvalue weighted by Crippen LogP contribution is -1.95. The van der Waals surface area contributed by atoms with E-state index in [9.17, 15) is 13.2 Å². The van der Waals surface area contributed by atoms with E-state index in [4.69, 9.17) is 5.26 Å². The van der Waals surface area contributed by atoms with Gasteiger partial charge in [0.1, 0.15) is 29.9 Å². The van der Waals surface area contributed by atoms with Crippen molar-refractivity contribution in [3.05, 3.63) is 34.9 Å². The molecule has 0 aliphatic heterocycles. The van der Waals surface area contributed by atoms with Gasteiger partial charge in [-0.2, -0.15) is 5.26 Å². The first kappa shape index (κ1) is 8.60. The summed E-state index contributed by atoms with van der Waals surface area (Å²) in [6.45, 7) is -1.04. The number of benzene rings is 1. The summed E-state index contributed by atoms with van der Waals surface area (Å²) in [6.07, 6.45) is 0. The van der Waals surface area contributed by atoms with Gasteiger partial charge in [-0.25, -0.2) is 13.2 Å². The highest BCUT2D eigenvalue weighted by molar-refractivity contribution is 5.36. The molecule has 4 heteroatoms. The molecule has 0 amide bonds. The van der Waals surface area contributed by atoms with Crippen LogP contribution in [0.3, 0.4) is 0 Å². The highest BCUT2D eigenvalue weighted by atomic mass is 19.1. The van der Waals surface area contributed by atoms with Crippen LogP contribution in [0.1, 0.15) is 11.1 Å². The molecule has 0 aliphatic rings. The van der Waals surface area contributed by atoms with Crippen LogP contribution >= 0.6 is 0 Å². The minimum absolute atomic E-state index is 0.298. The Kier molecular flexibility index (Phi) is 2.34. The lowest BCUT2D eigenvalue weighted by Gasteiger charge is -1.99. The predicted octanol–water partition coefficient (Wildman–Crippen LogP) is 2.31. The monoisotopic (exact) mass is 171 g/mol. The Bertz CT molecular complexity index is 341. The van der Waals surface area contributed by atoms with Crippen LogP contribution in [0.5, 0.6) is 0 Å². The van der Waals surface area contributed by atoms with Gasteiger partial charge in [0.25, 0.3) is 0 Å². The molecule has 0 atom stereocenters. The van der Waals surface area contributed by atoms with E-state index in [1.165, 1.54) is 6.07 Å². The fourth-order valence-electron chi connectivity index (χ4n) is 0.801. The van der Waals surface area contributed by atoms with Gasteiger partial charge in [-0.1, -0.05) is 6.07 Å². The standard InChI is InChI=1S/C8H4F3N/c9-3-5-1-2-7(10)6(4-12)8(5)11/h1-2H,3H2. The third-order valence-electron chi connectivity index (χ3n) is 1.43. The van der Waals surface area contributed by atoms with Crippen molar-refractivity contribution in [3.63, 3.8) is 0 Å². The molecule has 0 saturated heterocycles. The summed E-state index contributed by atoms with van der Waals surface area (Å²) in [7, 11) is 0. The van der Waals surface area contributed by atoms with Crippen LogP contribution in [0.4, 0.5) is 13.2 Å². The predicted molar refractivity (Wildman–Crippen MR) is 35.9 cm³/mol. The van der Waals surface area contributed by atoms with Crippen molar-refractivity contribution < 1.29 is 13.2 Å². The Labute approximate surface area is 67.1 Å². The van der Waals surface area contributed by atoms with E-state index >= 15 is 0 Å². The quantitative estimate of drug-likeness (QED) is 0.636. The van der Waals surface area contributed by atoms with Crippen molar-refractivity contribution in [3.8, 4) is 6.07 Å². The van der Waals surface area contributed by atoms with Crippen LogP contribution in [-0.2, 0) is 6.67 Å². The van der Waals surface area contributed by atoms with E-state index in [2.05, 4.69) is 0 Å². The molecule has 12 heavy (non-hydrogen) atoms. The SMILES string of the molecule is N#Cc1c(F)ccc(CF)c1F. The molecule has 0 N–H and O–H groups in total. The van der Waals surface area contributed by atoms with Gasteiger partial charge in [-0.15, -0.1) is 0 Å². The van der Waals surface area contributed by atoms with Crippen LogP contribution in [0.25, 0.3) is 0 Å². The Balaban J connectivity index is 3.36. The molecule has 0 aromatic heterocycles. The van der Waals surface area contributed by atoms with E-state index in [1.54, 1.807) is 0 Å². The maximum Gasteiger partial charge on any atom is 0.149 e. The highest BCUT2D eigenvalue weighted by Crippen LogP contribution is 2.16. The van der Waals surface area contributed by atoms with Crippen molar-refractivity contribution in [2.45, 2.75) is 6.67 Å². The minimum atomic E-state index is -1.11. The van der Waals surface area contributed by atoms with Gasteiger partial charge in [-0.3, -0.25) is 0 Å². The molecule has 62 valence electrons. The van der Waals surface area contributed by atoms with Crippen LogP contribution < -0.4 is 0 Å². The third kappa shape index (κ3) is 1.26. The first-order valence-electron chi connectivity index (χ1n) is 3.13. The summed E-state index contributed by atoms with van der Waals surface area (Å²) < 4.78 is 37.4. The lowest BCUT2D eigenvalue weighted by molar-refractivity contribution is 0.459. The van der Waals surface area contributed by atoms with Gasteiger partial charge in [0, 0.05) is 5.56 Å². The van der Waals surface area contributed by atoms with Crippen molar-refractivity contribution in [2.24, 2.45) is 0 Å². The van der Waals surface area contributed by atoms with Gasteiger partial charge in [0.15, 0.2) is 0 Å². The molecule has 0 saturated carbocycles. The Hall–Kier alpha value is -1.50. The van der Waals surface area contributed by atoms with Gasteiger partial charge in [0.05, 0.1) is 0 Å². The van der Waals surface area contributed by atoms with Crippen LogP contribution in [0.15, 0.2) is 12.1 Å². The second-order valence-electron chi connectivity index (χ2n) is 2.14. The topological polar surface area (TPSA) is 23.8 Å². The Morgan fingerprint density at radius 1 is 1.33 bits per heavy atom. The van der Waals surface area contributed by atoms with E-state index in [0.29, 0.717) is 0 Å². The summed E-state index contributed by atoms with van der Waals surface area (Å²) in [5.41, 5.74) is -1.03. The zero-order valence-corrected chi connectivity index (χ0v) is 5.94. The zero-order valence-electron chi connectivity index (χ0n) is 5.94. The van der Waals surface area contributed by atoms with Crippen LogP contribution in [-0.4, -0.2) is 0 Å². The van der Waals surface area contributed by atoms with E-state index in [-0.39, 0.29) is 5.56 Å². The third-order valence-corrected chi connectivity index (χ3v) is 1.43. The molecule has 0 heterocycles. The smallest absolute Gasteiger partial charge is 0.149 e. The molecule has 1 aromatic carbocycles.